The molecule has 1 saturated heterocycles. The predicted octanol–water partition coefficient (Wildman–Crippen LogP) is -0.546. The lowest BCUT2D eigenvalue weighted by molar-refractivity contribution is 0.0161. The van der Waals surface area contributed by atoms with Crippen molar-refractivity contribution in [3.05, 3.63) is 12.4 Å². The van der Waals surface area contributed by atoms with Crippen LogP contribution >= 0.6 is 0 Å². The fourth-order valence-corrected chi connectivity index (χ4v) is 1.43. The zero-order valence-corrected chi connectivity index (χ0v) is 7.44. The number of nitrogens with two attached hydrogens (primary N) is 1. The Morgan fingerprint density at radius 1 is 1.77 bits per heavy atom. The lowest BCUT2D eigenvalue weighted by Gasteiger charge is -2.23. The van der Waals surface area contributed by atoms with Gasteiger partial charge >= 0.3 is 0 Å². The van der Waals surface area contributed by atoms with Crippen LogP contribution in [0.15, 0.2) is 12.4 Å². The SMILES string of the molecule is Nc1cnn(C[C@@H]2CNCCO2)c1. The summed E-state index contributed by atoms with van der Waals surface area (Å²) in [6.07, 6.45) is 3.68. The number of rotatable bonds is 2. The summed E-state index contributed by atoms with van der Waals surface area (Å²) >= 11 is 0. The highest BCUT2D eigenvalue weighted by atomic mass is 16.5. The molecule has 0 aliphatic carbocycles. The molecule has 0 amide bonds. The summed E-state index contributed by atoms with van der Waals surface area (Å²) in [4.78, 5) is 0. The Morgan fingerprint density at radius 2 is 2.69 bits per heavy atom. The Morgan fingerprint density at radius 3 is 3.31 bits per heavy atom. The number of anilines is 1. The third-order valence-electron chi connectivity index (χ3n) is 2.05. The van der Waals surface area contributed by atoms with E-state index in [1.54, 1.807) is 6.20 Å². The lowest BCUT2D eigenvalue weighted by Crippen LogP contribution is -2.40. The Kier molecular flexibility index (Phi) is 2.47. The van der Waals surface area contributed by atoms with E-state index in [1.807, 2.05) is 10.9 Å². The average Bonchev–Trinajstić information content (AvgIpc) is 2.53. The van der Waals surface area contributed by atoms with Crippen LogP contribution in [0.4, 0.5) is 5.69 Å². The van der Waals surface area contributed by atoms with Gasteiger partial charge in [0.1, 0.15) is 0 Å². The van der Waals surface area contributed by atoms with Crippen LogP contribution in [0.5, 0.6) is 0 Å². The molecule has 0 bridgehead atoms. The Hall–Kier alpha value is -1.07. The van der Waals surface area contributed by atoms with Crippen LogP contribution in [0.1, 0.15) is 0 Å². The first-order chi connectivity index (χ1) is 6.34. The number of nitrogen functional groups attached to an aromatic ring is 1. The highest BCUT2D eigenvalue weighted by Gasteiger charge is 2.13. The largest absolute Gasteiger partial charge is 0.396 e. The van der Waals surface area contributed by atoms with E-state index in [1.165, 1.54) is 0 Å². The number of ether oxygens (including phenoxy) is 1. The van der Waals surface area contributed by atoms with Crippen LogP contribution in [0.25, 0.3) is 0 Å². The third kappa shape index (κ3) is 2.19. The summed E-state index contributed by atoms with van der Waals surface area (Å²) in [7, 11) is 0. The van der Waals surface area contributed by atoms with Crippen molar-refractivity contribution in [1.82, 2.24) is 15.1 Å². The first-order valence-electron chi connectivity index (χ1n) is 4.45. The second kappa shape index (κ2) is 3.76. The van der Waals surface area contributed by atoms with E-state index in [9.17, 15) is 0 Å². The summed E-state index contributed by atoms with van der Waals surface area (Å²) in [6.45, 7) is 3.38. The van der Waals surface area contributed by atoms with E-state index in [2.05, 4.69) is 10.4 Å². The fourth-order valence-electron chi connectivity index (χ4n) is 1.43. The first kappa shape index (κ1) is 8.52. The van der Waals surface area contributed by atoms with E-state index >= 15 is 0 Å². The number of morpholine rings is 1. The molecule has 1 fully saturated rings. The summed E-state index contributed by atoms with van der Waals surface area (Å²) in [5, 5.41) is 7.36. The zero-order chi connectivity index (χ0) is 9.10. The van der Waals surface area contributed by atoms with E-state index < -0.39 is 0 Å². The van der Waals surface area contributed by atoms with Gasteiger partial charge in [-0.05, 0) is 0 Å². The number of hydrogen-bond donors (Lipinski definition) is 2. The predicted molar refractivity (Wildman–Crippen MR) is 49.2 cm³/mol. The van der Waals surface area contributed by atoms with E-state index in [0.29, 0.717) is 5.69 Å². The standard InChI is InChI=1S/C8H14N4O/c9-7-3-11-12(5-7)6-8-4-10-1-2-13-8/h3,5,8,10H,1-2,4,6,9H2/t8-/m0/s1. The molecule has 1 atom stereocenters. The molecule has 1 aliphatic heterocycles. The second-order valence-electron chi connectivity index (χ2n) is 3.19. The monoisotopic (exact) mass is 182 g/mol. The maximum Gasteiger partial charge on any atom is 0.0895 e. The molecule has 2 heterocycles. The first-order valence-corrected chi connectivity index (χ1v) is 4.45. The van der Waals surface area contributed by atoms with Crippen molar-refractivity contribution in [3.8, 4) is 0 Å². The highest BCUT2D eigenvalue weighted by Crippen LogP contribution is 2.02. The maximum absolute atomic E-state index is 5.54. The number of nitrogens with one attached hydrogen (secondary N) is 1. The molecule has 3 N–H and O–H groups in total. The van der Waals surface area contributed by atoms with Crippen molar-refractivity contribution < 1.29 is 4.74 Å². The van der Waals surface area contributed by atoms with Crippen LogP contribution in [0, 0.1) is 0 Å². The van der Waals surface area contributed by atoms with Gasteiger partial charge in [0.05, 0.1) is 31.1 Å². The summed E-state index contributed by atoms with van der Waals surface area (Å²) < 4.78 is 7.34. The molecule has 0 aromatic carbocycles. The van der Waals surface area contributed by atoms with Gasteiger partial charge in [0.2, 0.25) is 0 Å². The van der Waals surface area contributed by atoms with Gasteiger partial charge in [-0.15, -0.1) is 0 Å². The fraction of sp³-hybridized carbons (Fsp3) is 0.625. The Bertz CT molecular complexity index is 267. The summed E-state index contributed by atoms with van der Waals surface area (Å²) in [6, 6.07) is 0. The van der Waals surface area contributed by atoms with Crippen molar-refractivity contribution in [2.45, 2.75) is 12.6 Å². The van der Waals surface area contributed by atoms with E-state index in [0.717, 1.165) is 26.2 Å². The van der Waals surface area contributed by atoms with Gasteiger partial charge in [0.25, 0.3) is 0 Å². The third-order valence-corrected chi connectivity index (χ3v) is 2.05. The second-order valence-corrected chi connectivity index (χ2v) is 3.19. The quantitative estimate of drug-likeness (QED) is 0.644. The Labute approximate surface area is 76.9 Å². The van der Waals surface area contributed by atoms with Crippen LogP contribution in [-0.2, 0) is 11.3 Å². The molecular formula is C8H14N4O. The normalized spacial score (nSPS) is 23.2. The van der Waals surface area contributed by atoms with Crippen molar-refractivity contribution in [1.29, 1.82) is 0 Å². The van der Waals surface area contributed by atoms with Crippen LogP contribution in [-0.4, -0.2) is 35.6 Å². The average molecular weight is 182 g/mol. The molecule has 1 aromatic heterocycles. The van der Waals surface area contributed by atoms with Gasteiger partial charge < -0.3 is 15.8 Å². The van der Waals surface area contributed by atoms with E-state index in [4.69, 9.17) is 10.5 Å². The van der Waals surface area contributed by atoms with Gasteiger partial charge in [0.15, 0.2) is 0 Å². The van der Waals surface area contributed by atoms with Crippen LogP contribution in [0.3, 0.4) is 0 Å². The van der Waals surface area contributed by atoms with Crippen LogP contribution in [0.2, 0.25) is 0 Å². The van der Waals surface area contributed by atoms with Gasteiger partial charge in [-0.3, -0.25) is 4.68 Å². The van der Waals surface area contributed by atoms with Crippen molar-refractivity contribution in [3.63, 3.8) is 0 Å². The molecule has 0 spiro atoms. The van der Waals surface area contributed by atoms with Gasteiger partial charge in [-0.1, -0.05) is 0 Å². The molecule has 1 aromatic rings. The van der Waals surface area contributed by atoms with Crippen LogP contribution < -0.4 is 11.1 Å². The maximum atomic E-state index is 5.54. The lowest BCUT2D eigenvalue weighted by atomic mass is 10.3. The molecule has 1 aliphatic rings. The van der Waals surface area contributed by atoms with Gasteiger partial charge in [0, 0.05) is 19.3 Å². The smallest absolute Gasteiger partial charge is 0.0895 e. The zero-order valence-electron chi connectivity index (χ0n) is 7.44. The van der Waals surface area contributed by atoms with Crippen molar-refractivity contribution in [2.24, 2.45) is 0 Å². The minimum Gasteiger partial charge on any atom is -0.396 e. The minimum atomic E-state index is 0.216. The molecule has 0 saturated carbocycles. The molecule has 0 unspecified atom stereocenters. The molecular weight excluding hydrogens is 168 g/mol. The van der Waals surface area contributed by atoms with Gasteiger partial charge in [-0.2, -0.15) is 5.10 Å². The summed E-state index contributed by atoms with van der Waals surface area (Å²) in [5.74, 6) is 0. The van der Waals surface area contributed by atoms with Gasteiger partial charge in [-0.25, -0.2) is 0 Å². The van der Waals surface area contributed by atoms with E-state index in [-0.39, 0.29) is 6.10 Å². The number of aromatic nitrogens is 2. The molecule has 5 nitrogen and oxygen atoms in total. The molecule has 2 rings (SSSR count). The molecule has 0 radical (unpaired) electrons. The number of nitrogens with zero attached hydrogens (tertiary/aromatic N) is 2. The van der Waals surface area contributed by atoms with Crippen molar-refractivity contribution >= 4 is 5.69 Å². The topological polar surface area (TPSA) is 65.1 Å². The number of hydrogen-bond acceptors (Lipinski definition) is 4. The Balaban J connectivity index is 1.89. The highest BCUT2D eigenvalue weighted by molar-refractivity contribution is 5.30. The van der Waals surface area contributed by atoms with Crippen molar-refractivity contribution in [2.75, 3.05) is 25.4 Å². The molecule has 5 heteroatoms. The molecule has 13 heavy (non-hydrogen) atoms. The minimum absolute atomic E-state index is 0.216. The summed E-state index contributed by atoms with van der Waals surface area (Å²) in [5.41, 5.74) is 6.24. The molecule has 72 valence electrons.